The summed E-state index contributed by atoms with van der Waals surface area (Å²) >= 11 is 3.71. The summed E-state index contributed by atoms with van der Waals surface area (Å²) in [6, 6.07) is 74.1. The van der Waals surface area contributed by atoms with Gasteiger partial charge in [0.15, 0.2) is 17.5 Å². The third-order valence-electron chi connectivity index (χ3n) is 12.3. The van der Waals surface area contributed by atoms with E-state index in [-0.39, 0.29) is 0 Å². The van der Waals surface area contributed by atoms with Gasteiger partial charge < -0.3 is 4.57 Å². The normalized spacial score (nSPS) is 11.8. The van der Waals surface area contributed by atoms with Crippen LogP contribution in [0, 0.1) is 0 Å². The lowest BCUT2D eigenvalue weighted by Crippen LogP contribution is -2.00. The van der Waals surface area contributed by atoms with Crippen molar-refractivity contribution in [3.05, 3.63) is 206 Å². The molecule has 13 aromatic rings. The molecule has 6 heteroatoms. The maximum atomic E-state index is 5.01. The molecular formula is C57H34N4S2. The molecule has 0 aliphatic rings. The minimum atomic E-state index is 0.636. The predicted octanol–water partition coefficient (Wildman–Crippen LogP) is 16.0. The Hall–Kier alpha value is -7.77. The molecule has 4 nitrogen and oxygen atoms in total. The number of fused-ring (bicyclic) bond motifs is 9. The van der Waals surface area contributed by atoms with Gasteiger partial charge in [-0.1, -0.05) is 121 Å². The van der Waals surface area contributed by atoms with E-state index in [2.05, 4.69) is 150 Å². The van der Waals surface area contributed by atoms with Crippen LogP contribution < -0.4 is 0 Å². The lowest BCUT2D eigenvalue weighted by molar-refractivity contribution is 1.07. The first-order valence-corrected chi connectivity index (χ1v) is 22.7. The van der Waals surface area contributed by atoms with E-state index in [0.717, 1.165) is 33.4 Å². The van der Waals surface area contributed by atoms with Crippen LogP contribution in [-0.2, 0) is 0 Å². The van der Waals surface area contributed by atoms with Crippen LogP contribution in [0.15, 0.2) is 206 Å². The van der Waals surface area contributed by atoms with Crippen LogP contribution in [0.1, 0.15) is 0 Å². The lowest BCUT2D eigenvalue weighted by atomic mass is 9.98. The molecule has 13 rings (SSSR count). The molecule has 0 unspecified atom stereocenters. The molecular weight excluding hydrogens is 805 g/mol. The van der Waals surface area contributed by atoms with Crippen molar-refractivity contribution in [2.45, 2.75) is 0 Å². The molecule has 63 heavy (non-hydrogen) atoms. The van der Waals surface area contributed by atoms with Crippen molar-refractivity contribution in [1.29, 1.82) is 0 Å². The summed E-state index contributed by atoms with van der Waals surface area (Å²) in [7, 11) is 0. The smallest absolute Gasteiger partial charge is 0.164 e. The maximum Gasteiger partial charge on any atom is 0.164 e. The standard InChI is InChI=1S/C57H34N4S2/c1-3-11-35(12-4-1)55-58-56(36-13-5-2-6-14-36)60-57(59-55)37-19-25-42(26-20-37)61-49-27-21-38(40-23-29-53-47(33-40)43-15-7-9-17-51(43)62-53)31-45(49)46-32-39(22-28-50(46)61)41-24-30-54-48(34-41)44-16-8-10-18-52(44)63-54/h1-34H. The van der Waals surface area contributed by atoms with Crippen molar-refractivity contribution in [2.75, 3.05) is 0 Å². The van der Waals surface area contributed by atoms with Crippen molar-refractivity contribution < 1.29 is 0 Å². The Morgan fingerprint density at radius 1 is 0.270 bits per heavy atom. The van der Waals surface area contributed by atoms with Gasteiger partial charge in [-0.3, -0.25) is 0 Å². The molecule has 0 saturated carbocycles. The van der Waals surface area contributed by atoms with Crippen molar-refractivity contribution in [3.8, 4) is 62.1 Å². The Morgan fingerprint density at radius 3 is 1.08 bits per heavy atom. The number of hydrogen-bond acceptors (Lipinski definition) is 5. The molecule has 4 aromatic heterocycles. The predicted molar refractivity (Wildman–Crippen MR) is 267 cm³/mol. The average molecular weight is 839 g/mol. The highest BCUT2D eigenvalue weighted by Crippen LogP contribution is 2.42. The van der Waals surface area contributed by atoms with Crippen molar-refractivity contribution in [3.63, 3.8) is 0 Å². The second-order valence-corrected chi connectivity index (χ2v) is 18.2. The fourth-order valence-electron chi connectivity index (χ4n) is 9.17. The Morgan fingerprint density at radius 2 is 0.619 bits per heavy atom. The molecule has 0 aliphatic heterocycles. The SMILES string of the molecule is c1ccc(-c2nc(-c3ccccc3)nc(-c3ccc(-n4c5ccc(-c6ccc7sc8ccccc8c7c6)cc5c5cc(-c6ccc7sc8ccccc8c7c6)ccc54)cc3)n2)cc1. The van der Waals surface area contributed by atoms with E-state index in [1.807, 2.05) is 83.3 Å². The zero-order chi connectivity index (χ0) is 41.4. The van der Waals surface area contributed by atoms with Crippen LogP contribution in [0.5, 0.6) is 0 Å². The molecule has 0 atom stereocenters. The van der Waals surface area contributed by atoms with Crippen LogP contribution in [-0.4, -0.2) is 19.5 Å². The van der Waals surface area contributed by atoms with E-state index < -0.39 is 0 Å². The van der Waals surface area contributed by atoms with E-state index >= 15 is 0 Å². The van der Waals surface area contributed by atoms with Crippen molar-refractivity contribution in [1.82, 2.24) is 19.5 Å². The second-order valence-electron chi connectivity index (χ2n) is 16.0. The number of nitrogens with zero attached hydrogens (tertiary/aromatic N) is 4. The molecule has 4 heterocycles. The van der Waals surface area contributed by atoms with Gasteiger partial charge in [0.05, 0.1) is 11.0 Å². The van der Waals surface area contributed by atoms with Crippen LogP contribution in [0.3, 0.4) is 0 Å². The maximum absolute atomic E-state index is 5.01. The summed E-state index contributed by atoms with van der Waals surface area (Å²) < 4.78 is 7.65. The first kappa shape index (κ1) is 35.9. The van der Waals surface area contributed by atoms with E-state index in [0.29, 0.717) is 17.5 Å². The zero-order valence-electron chi connectivity index (χ0n) is 33.7. The Balaban J connectivity index is 0.969. The van der Waals surface area contributed by atoms with Crippen LogP contribution in [0.2, 0.25) is 0 Å². The summed E-state index contributed by atoms with van der Waals surface area (Å²) in [5.41, 5.74) is 11.0. The highest BCUT2D eigenvalue weighted by atomic mass is 32.1. The monoisotopic (exact) mass is 838 g/mol. The van der Waals surface area contributed by atoms with E-state index in [1.165, 1.54) is 73.4 Å². The van der Waals surface area contributed by atoms with E-state index in [4.69, 9.17) is 15.0 Å². The summed E-state index contributed by atoms with van der Waals surface area (Å²) in [6.07, 6.45) is 0. The van der Waals surface area contributed by atoms with Gasteiger partial charge in [0, 0.05) is 73.5 Å². The second kappa shape index (κ2) is 14.4. The lowest BCUT2D eigenvalue weighted by Gasteiger charge is -2.11. The highest BCUT2D eigenvalue weighted by Gasteiger charge is 2.18. The summed E-state index contributed by atoms with van der Waals surface area (Å²) in [5.74, 6) is 1.93. The first-order chi connectivity index (χ1) is 31.2. The fraction of sp³-hybridized carbons (Fsp3) is 0. The minimum absolute atomic E-state index is 0.636. The van der Waals surface area contributed by atoms with Gasteiger partial charge in [0.2, 0.25) is 0 Å². The topological polar surface area (TPSA) is 43.6 Å². The van der Waals surface area contributed by atoms with Gasteiger partial charge in [0.1, 0.15) is 0 Å². The van der Waals surface area contributed by atoms with Gasteiger partial charge in [0.25, 0.3) is 0 Å². The highest BCUT2D eigenvalue weighted by molar-refractivity contribution is 7.26. The van der Waals surface area contributed by atoms with Gasteiger partial charge in [-0.2, -0.15) is 0 Å². The molecule has 0 N–H and O–H groups in total. The molecule has 0 amide bonds. The fourth-order valence-corrected chi connectivity index (χ4v) is 11.3. The molecule has 0 bridgehead atoms. The molecule has 0 radical (unpaired) electrons. The largest absolute Gasteiger partial charge is 0.309 e. The molecule has 294 valence electrons. The van der Waals surface area contributed by atoms with Crippen molar-refractivity contribution in [2.24, 2.45) is 0 Å². The minimum Gasteiger partial charge on any atom is -0.309 e. The van der Waals surface area contributed by atoms with E-state index in [1.54, 1.807) is 0 Å². The van der Waals surface area contributed by atoms with Crippen LogP contribution >= 0.6 is 22.7 Å². The van der Waals surface area contributed by atoms with Gasteiger partial charge in [-0.15, -0.1) is 22.7 Å². The van der Waals surface area contributed by atoms with Gasteiger partial charge in [-0.05, 0) is 107 Å². The molecule has 0 aliphatic carbocycles. The third kappa shape index (κ3) is 6.06. The van der Waals surface area contributed by atoms with Gasteiger partial charge >= 0.3 is 0 Å². The average Bonchev–Trinajstić information content (AvgIpc) is 4.03. The van der Waals surface area contributed by atoms with E-state index in [9.17, 15) is 0 Å². The summed E-state index contributed by atoms with van der Waals surface area (Å²) in [4.78, 5) is 14.9. The Kier molecular flexibility index (Phi) is 8.22. The van der Waals surface area contributed by atoms with Crippen molar-refractivity contribution >= 4 is 84.8 Å². The summed E-state index contributed by atoms with van der Waals surface area (Å²) in [6.45, 7) is 0. The number of rotatable bonds is 6. The van der Waals surface area contributed by atoms with Crippen LogP contribution in [0.25, 0.3) is 124 Å². The van der Waals surface area contributed by atoms with Crippen LogP contribution in [0.4, 0.5) is 0 Å². The summed E-state index contributed by atoms with van der Waals surface area (Å²) in [5, 5.41) is 7.65. The number of hydrogen-bond donors (Lipinski definition) is 0. The molecule has 0 saturated heterocycles. The zero-order valence-corrected chi connectivity index (χ0v) is 35.4. The quantitative estimate of drug-likeness (QED) is 0.168. The Bertz CT molecular complexity index is 3670. The van der Waals surface area contributed by atoms with Gasteiger partial charge in [-0.25, -0.2) is 15.0 Å². The molecule has 0 spiro atoms. The third-order valence-corrected chi connectivity index (χ3v) is 14.6. The Labute approximate surface area is 370 Å². The number of thiophene rings is 2. The number of benzene rings is 9. The molecule has 9 aromatic carbocycles. The molecule has 0 fully saturated rings. The first-order valence-electron chi connectivity index (χ1n) is 21.1. The number of aromatic nitrogens is 4.